The van der Waals surface area contributed by atoms with Gasteiger partial charge in [-0.25, -0.2) is 9.97 Å². The smallest absolute Gasteiger partial charge is 0.258 e. The van der Waals surface area contributed by atoms with Crippen LogP contribution in [0.4, 0.5) is 5.69 Å². The lowest BCUT2D eigenvalue weighted by molar-refractivity contribution is -0.124. The summed E-state index contributed by atoms with van der Waals surface area (Å²) in [4.78, 5) is 97.2. The molecule has 1 aliphatic rings. The van der Waals surface area contributed by atoms with Crippen molar-refractivity contribution in [2.24, 2.45) is 0 Å². The molecular weight excluding hydrogens is 1200 g/mol. The van der Waals surface area contributed by atoms with E-state index in [0.717, 1.165) is 75.8 Å². The summed E-state index contributed by atoms with van der Waals surface area (Å²) in [6.07, 6.45) is 3.70. The van der Waals surface area contributed by atoms with Crippen molar-refractivity contribution in [3.8, 4) is 40.0 Å². The van der Waals surface area contributed by atoms with Crippen LogP contribution in [-0.2, 0) is 38.1 Å². The zero-order chi connectivity index (χ0) is 65.3. The first-order chi connectivity index (χ1) is 46.0. The number of aromatic amines is 2. The van der Waals surface area contributed by atoms with Crippen LogP contribution in [0.25, 0.3) is 66.6 Å². The average Bonchev–Trinajstić information content (AvgIpc) is 1.61. The molecule has 494 valence electrons. The first-order valence-corrected chi connectivity index (χ1v) is 31.6. The van der Waals surface area contributed by atoms with Crippen molar-refractivity contribution in [1.82, 2.24) is 66.3 Å². The molecule has 9 aromatic rings. The number of pyridine rings is 2. The van der Waals surface area contributed by atoms with Gasteiger partial charge in [-0.1, -0.05) is 12.1 Å². The number of fused-ring (bicyclic) bond motifs is 4. The van der Waals surface area contributed by atoms with Crippen LogP contribution < -0.4 is 41.0 Å². The zero-order valence-corrected chi connectivity index (χ0v) is 52.7. The van der Waals surface area contributed by atoms with Crippen molar-refractivity contribution in [3.63, 3.8) is 0 Å². The van der Waals surface area contributed by atoms with Crippen molar-refractivity contribution in [1.29, 1.82) is 0 Å². The Morgan fingerprint density at radius 2 is 1.02 bits per heavy atom. The number of piperazine rings is 1. The molecule has 5 aromatic carbocycles. The van der Waals surface area contributed by atoms with E-state index in [2.05, 4.69) is 63.4 Å². The summed E-state index contributed by atoms with van der Waals surface area (Å²) in [6, 6.07) is 35.0. The summed E-state index contributed by atoms with van der Waals surface area (Å²) in [5.41, 5.74) is 7.38. The van der Waals surface area contributed by atoms with Crippen molar-refractivity contribution >= 4 is 79.1 Å². The van der Waals surface area contributed by atoms with Crippen LogP contribution >= 0.6 is 0 Å². The normalized spacial score (nSPS) is 12.6. The number of nitrogens with zero attached hydrogens (tertiary/aromatic N) is 7. The summed E-state index contributed by atoms with van der Waals surface area (Å²) >= 11 is 0. The van der Waals surface area contributed by atoms with Crippen LogP contribution in [0, 0.1) is 0 Å². The van der Waals surface area contributed by atoms with Gasteiger partial charge in [0.25, 0.3) is 17.7 Å². The molecule has 0 spiro atoms. The number of aromatic nitrogens is 6. The van der Waals surface area contributed by atoms with Gasteiger partial charge in [-0.3, -0.25) is 33.9 Å². The average molecular weight is 1290 g/mol. The van der Waals surface area contributed by atoms with E-state index in [1.54, 1.807) is 48.8 Å². The number of ether oxygens (including phenoxy) is 6. The Morgan fingerprint density at radius 3 is 1.59 bits per heavy atom. The summed E-state index contributed by atoms with van der Waals surface area (Å²) in [6.45, 7) is 7.60. The van der Waals surface area contributed by atoms with E-state index in [1.165, 1.54) is 0 Å². The van der Waals surface area contributed by atoms with Crippen molar-refractivity contribution in [2.75, 3.05) is 157 Å². The van der Waals surface area contributed by atoms with Gasteiger partial charge in [-0.05, 0) is 110 Å². The van der Waals surface area contributed by atoms with Crippen LogP contribution in [0.5, 0.6) is 17.2 Å². The van der Waals surface area contributed by atoms with Crippen LogP contribution in [0.1, 0.15) is 23.2 Å². The fourth-order valence-electron chi connectivity index (χ4n) is 10.4. The monoisotopic (exact) mass is 1280 g/mol. The molecule has 26 heteroatoms. The Morgan fingerprint density at radius 1 is 0.511 bits per heavy atom. The number of rotatable bonds is 37. The van der Waals surface area contributed by atoms with Crippen molar-refractivity contribution in [3.05, 3.63) is 133 Å². The minimum atomic E-state index is -0.319. The minimum absolute atomic E-state index is 0.127. The van der Waals surface area contributed by atoms with Crippen LogP contribution in [-0.4, -0.2) is 226 Å². The molecule has 0 bridgehead atoms. The van der Waals surface area contributed by atoms with Gasteiger partial charge < -0.3 is 84.8 Å². The maximum atomic E-state index is 14.4. The highest BCUT2D eigenvalue weighted by atomic mass is 16.5. The molecule has 10 rings (SSSR count). The summed E-state index contributed by atoms with van der Waals surface area (Å²) in [7, 11) is 2.09. The number of amides is 5. The molecule has 1 aliphatic heterocycles. The largest absolute Gasteiger partial charge is 0.508 e. The van der Waals surface area contributed by atoms with Gasteiger partial charge >= 0.3 is 0 Å². The molecular formula is C68H80N14O12. The Balaban J connectivity index is 0.667. The van der Waals surface area contributed by atoms with Crippen molar-refractivity contribution < 1.29 is 57.5 Å². The third-order valence-electron chi connectivity index (χ3n) is 15.5. The first-order valence-electron chi connectivity index (χ1n) is 31.6. The number of H-pyrrole nitrogens is 2. The molecule has 26 nitrogen and oxygen atoms in total. The van der Waals surface area contributed by atoms with E-state index in [1.807, 2.05) is 83.8 Å². The molecule has 0 unspecified atom stereocenters. The number of imidazole rings is 2. The van der Waals surface area contributed by atoms with Gasteiger partial charge in [-0.2, -0.15) is 0 Å². The highest BCUT2D eigenvalue weighted by Gasteiger charge is 2.22. The number of aromatic hydroxyl groups is 1. The highest BCUT2D eigenvalue weighted by molar-refractivity contribution is 6.07. The van der Waals surface area contributed by atoms with Gasteiger partial charge in [0.05, 0.1) is 86.0 Å². The molecule has 8 N–H and O–H groups in total. The second-order valence-corrected chi connectivity index (χ2v) is 22.4. The van der Waals surface area contributed by atoms with E-state index >= 15 is 0 Å². The number of phenols is 1. The molecule has 0 aliphatic carbocycles. The lowest BCUT2D eigenvalue weighted by atomic mass is 10.1. The van der Waals surface area contributed by atoms with Gasteiger partial charge in [0.1, 0.15) is 34.4 Å². The molecule has 5 heterocycles. The predicted molar refractivity (Wildman–Crippen MR) is 356 cm³/mol. The van der Waals surface area contributed by atoms with Crippen LogP contribution in [0.15, 0.2) is 128 Å². The van der Waals surface area contributed by atoms with E-state index in [-0.39, 0.29) is 121 Å². The fraction of sp³-hybridized carbons (Fsp3) is 0.368. The molecule has 1 saturated heterocycles. The lowest BCUT2D eigenvalue weighted by Crippen LogP contribution is -2.44. The lowest BCUT2D eigenvalue weighted by Gasteiger charge is -2.34. The molecule has 4 aromatic heterocycles. The quantitative estimate of drug-likeness (QED) is 0.0242. The topological polar surface area (TPSA) is 314 Å². The number of likely N-dealkylation sites (N-methyl/N-ethyl adjacent to an activating group) is 1. The molecule has 0 atom stereocenters. The number of anilines is 1. The zero-order valence-electron chi connectivity index (χ0n) is 52.7. The summed E-state index contributed by atoms with van der Waals surface area (Å²) in [5.74, 6) is 1.28. The van der Waals surface area contributed by atoms with Gasteiger partial charge in [-0.15, -0.1) is 0 Å². The summed E-state index contributed by atoms with van der Waals surface area (Å²) in [5, 5.41) is 26.1. The number of nitrogens with one attached hydrogen (secondary N) is 7. The molecule has 5 amide bonds. The standard InChI is InChI=1S/C68H80N14O12/c1-80-28-30-82(31-29-80)51-43-55(65-60(44-51)78-67(79-65)50-8-13-58-59(42-50)77-66(76-58)47-6-9-52(83)10-7-47)68(88)75-20-27-81(25-16-61(84)71-21-32-89-36-38-91-34-23-73-63(86)45-93-53-11-14-56-48(40-53)4-2-18-69-56)26-17-62(85)72-22-33-90-37-39-92-35-24-74-64(87)46-94-54-12-15-57-49(41-54)5-3-19-70-57/h2-15,18-19,40-44,83H,16-17,20-39,45-46H2,1H3,(H,71,84)(H,72,85)(H,73,86)(H,74,87)(H,75,88)(H,76,77)(H,78,79). The second kappa shape index (κ2) is 34.7. The maximum Gasteiger partial charge on any atom is 0.258 e. The first kappa shape index (κ1) is 67.1. The van der Waals surface area contributed by atoms with Crippen LogP contribution in [0.2, 0.25) is 0 Å². The number of phenolic OH excluding ortho intramolecular Hbond substituents is 1. The van der Waals surface area contributed by atoms with E-state index < -0.39 is 0 Å². The third-order valence-corrected chi connectivity index (χ3v) is 15.5. The minimum Gasteiger partial charge on any atom is -0.508 e. The predicted octanol–water partition coefficient (Wildman–Crippen LogP) is 4.83. The van der Waals surface area contributed by atoms with Crippen molar-refractivity contribution in [2.45, 2.75) is 12.8 Å². The highest BCUT2D eigenvalue weighted by Crippen LogP contribution is 2.31. The van der Waals surface area contributed by atoms with Gasteiger partial charge in [0.15, 0.2) is 13.2 Å². The van der Waals surface area contributed by atoms with E-state index in [9.17, 15) is 29.1 Å². The molecule has 0 radical (unpaired) electrons. The Labute approximate surface area is 543 Å². The Hall–Kier alpha value is -9.83. The number of benzene rings is 5. The van der Waals surface area contributed by atoms with E-state index in [4.69, 9.17) is 38.4 Å². The number of carbonyl (C=O) groups is 5. The van der Waals surface area contributed by atoms with Gasteiger partial charge in [0, 0.05) is 131 Å². The maximum absolute atomic E-state index is 14.4. The third kappa shape index (κ3) is 20.3. The summed E-state index contributed by atoms with van der Waals surface area (Å²) < 4.78 is 33.8. The Kier molecular flexibility index (Phi) is 24.8. The van der Waals surface area contributed by atoms with Gasteiger partial charge in [0.2, 0.25) is 11.8 Å². The van der Waals surface area contributed by atoms with E-state index in [0.29, 0.717) is 85.7 Å². The number of hydrogen-bond donors (Lipinski definition) is 8. The number of carbonyl (C=O) groups excluding carboxylic acids is 5. The SMILES string of the molecule is CN1CCN(c2cc(C(=O)NCCN(CCC(=O)NCCOCCOCCNC(=O)COc3ccc4ncccc4c3)CCC(=O)NCCOCCOCCNC(=O)COc3ccc4ncccc4c3)c3nc(-c4ccc5nc(-c6ccc(O)cc6)[nH]c5c4)[nH]c3c2)CC1. The van der Waals surface area contributed by atoms with Crippen LogP contribution in [0.3, 0.4) is 0 Å². The second-order valence-electron chi connectivity index (χ2n) is 22.4. The fourth-order valence-corrected chi connectivity index (χ4v) is 10.4. The molecule has 1 fully saturated rings. The Bertz CT molecular complexity index is 3840. The molecule has 0 saturated carbocycles. The molecule has 94 heavy (non-hydrogen) atoms. The number of hydrogen-bond acceptors (Lipinski definition) is 19.